The smallest absolute Gasteiger partial charge is 0.260 e. The van der Waals surface area contributed by atoms with Crippen LogP contribution in [0.25, 0.3) is 0 Å². The molecule has 0 aliphatic heterocycles. The molecule has 1 atom stereocenters. The molecular formula is C23H36N2O4S. The summed E-state index contributed by atoms with van der Waals surface area (Å²) in [7, 11) is -3.55. The highest BCUT2D eigenvalue weighted by molar-refractivity contribution is 7.89. The Morgan fingerprint density at radius 2 is 1.37 bits per heavy atom. The number of ether oxygens (including phenoxy) is 1. The highest BCUT2D eigenvalue weighted by Crippen LogP contribution is 2.22. The van der Waals surface area contributed by atoms with Crippen LogP contribution in [0.1, 0.15) is 84.0 Å². The van der Waals surface area contributed by atoms with Crippen molar-refractivity contribution >= 4 is 15.9 Å². The number of amides is 1. The van der Waals surface area contributed by atoms with Gasteiger partial charge in [-0.2, -0.15) is 0 Å². The third-order valence-electron chi connectivity index (χ3n) is 6.19. The van der Waals surface area contributed by atoms with E-state index >= 15 is 0 Å². The van der Waals surface area contributed by atoms with E-state index in [0.717, 1.165) is 51.4 Å². The molecular weight excluding hydrogens is 400 g/mol. The van der Waals surface area contributed by atoms with Gasteiger partial charge in [0.25, 0.3) is 5.91 Å². The third-order valence-corrected chi connectivity index (χ3v) is 7.73. The van der Waals surface area contributed by atoms with Crippen molar-refractivity contribution in [3.05, 3.63) is 24.3 Å². The summed E-state index contributed by atoms with van der Waals surface area (Å²) in [6, 6.07) is 6.59. The fraction of sp³-hybridized carbons (Fsp3) is 0.696. The Labute approximate surface area is 181 Å². The second kappa shape index (κ2) is 11.1. The topological polar surface area (TPSA) is 84.5 Å². The van der Waals surface area contributed by atoms with Gasteiger partial charge in [-0.15, -0.1) is 0 Å². The molecule has 168 valence electrons. The molecule has 2 aliphatic carbocycles. The normalized spacial score (nSPS) is 20.7. The first kappa shape index (κ1) is 23.1. The van der Waals surface area contributed by atoms with Crippen molar-refractivity contribution in [1.82, 2.24) is 10.0 Å². The minimum atomic E-state index is -3.55. The van der Waals surface area contributed by atoms with Gasteiger partial charge in [-0.1, -0.05) is 51.4 Å². The van der Waals surface area contributed by atoms with Gasteiger partial charge in [-0.3, -0.25) is 4.79 Å². The molecule has 2 saturated carbocycles. The zero-order valence-corrected chi connectivity index (χ0v) is 18.9. The van der Waals surface area contributed by atoms with E-state index in [2.05, 4.69) is 10.0 Å². The Morgan fingerprint density at radius 1 is 0.867 bits per heavy atom. The minimum Gasteiger partial charge on any atom is -0.481 e. The third kappa shape index (κ3) is 6.98. The first-order chi connectivity index (χ1) is 14.4. The van der Waals surface area contributed by atoms with E-state index in [1.54, 1.807) is 31.2 Å². The first-order valence-corrected chi connectivity index (χ1v) is 13.0. The predicted molar refractivity (Wildman–Crippen MR) is 118 cm³/mol. The lowest BCUT2D eigenvalue weighted by molar-refractivity contribution is -0.128. The average Bonchev–Trinajstić information content (AvgIpc) is 2.71. The molecule has 1 aromatic carbocycles. The molecule has 0 unspecified atom stereocenters. The first-order valence-electron chi connectivity index (χ1n) is 11.5. The summed E-state index contributed by atoms with van der Waals surface area (Å²) in [6.07, 6.45) is 12.5. The Bertz CT molecular complexity index is 765. The maximum Gasteiger partial charge on any atom is 0.260 e. The lowest BCUT2D eigenvalue weighted by Gasteiger charge is -2.24. The van der Waals surface area contributed by atoms with Crippen molar-refractivity contribution in [1.29, 1.82) is 0 Å². The molecule has 7 heteroatoms. The van der Waals surface area contributed by atoms with E-state index in [4.69, 9.17) is 4.74 Å². The number of benzene rings is 1. The van der Waals surface area contributed by atoms with E-state index in [1.165, 1.54) is 25.7 Å². The highest BCUT2D eigenvalue weighted by Gasteiger charge is 2.22. The molecule has 0 bridgehead atoms. The van der Waals surface area contributed by atoms with E-state index in [-0.39, 0.29) is 22.9 Å². The number of sulfonamides is 1. The number of carbonyl (C=O) groups is 1. The average molecular weight is 437 g/mol. The quantitative estimate of drug-likeness (QED) is 0.668. The number of rotatable bonds is 7. The summed E-state index contributed by atoms with van der Waals surface area (Å²) in [5.41, 5.74) is 0. The zero-order valence-electron chi connectivity index (χ0n) is 18.1. The van der Waals surface area contributed by atoms with E-state index in [9.17, 15) is 13.2 Å². The highest BCUT2D eigenvalue weighted by atomic mass is 32.2. The van der Waals surface area contributed by atoms with Crippen molar-refractivity contribution in [3.63, 3.8) is 0 Å². The molecule has 2 N–H and O–H groups in total. The van der Waals surface area contributed by atoms with Gasteiger partial charge in [0.05, 0.1) is 4.90 Å². The predicted octanol–water partition coefficient (Wildman–Crippen LogP) is 4.29. The molecule has 2 aliphatic rings. The van der Waals surface area contributed by atoms with Crippen LogP contribution in [0.3, 0.4) is 0 Å². The van der Waals surface area contributed by atoms with Gasteiger partial charge in [0.1, 0.15) is 5.75 Å². The maximum atomic E-state index is 12.7. The molecule has 3 rings (SSSR count). The molecule has 0 heterocycles. The zero-order chi connectivity index (χ0) is 21.4. The Morgan fingerprint density at radius 3 is 1.97 bits per heavy atom. The van der Waals surface area contributed by atoms with Crippen LogP contribution in [0.2, 0.25) is 0 Å². The molecule has 2 fully saturated rings. The van der Waals surface area contributed by atoms with Crippen molar-refractivity contribution in [2.24, 2.45) is 0 Å². The Kier molecular flexibility index (Phi) is 8.57. The Hall–Kier alpha value is -1.60. The van der Waals surface area contributed by atoms with Gasteiger partial charge in [0.2, 0.25) is 10.0 Å². The van der Waals surface area contributed by atoms with Crippen LogP contribution < -0.4 is 14.8 Å². The SMILES string of the molecule is C[C@@H](Oc1ccc(S(=O)(=O)NC2CCCCCCC2)cc1)C(=O)NC1CCCCC1. The molecule has 1 amide bonds. The van der Waals surface area contributed by atoms with Gasteiger partial charge >= 0.3 is 0 Å². The van der Waals surface area contributed by atoms with Crippen LogP contribution in [0.15, 0.2) is 29.2 Å². The van der Waals surface area contributed by atoms with Crippen molar-refractivity contribution in [2.45, 2.75) is 107 Å². The molecule has 30 heavy (non-hydrogen) atoms. The number of hydrogen-bond donors (Lipinski definition) is 2. The van der Waals surface area contributed by atoms with E-state index in [0.29, 0.717) is 5.75 Å². The fourth-order valence-electron chi connectivity index (χ4n) is 4.38. The lowest BCUT2D eigenvalue weighted by Crippen LogP contribution is -2.43. The summed E-state index contributed by atoms with van der Waals surface area (Å²) in [6.45, 7) is 1.72. The monoisotopic (exact) mass is 436 g/mol. The second-order valence-electron chi connectivity index (χ2n) is 8.74. The van der Waals surface area contributed by atoms with Crippen LogP contribution in [0.5, 0.6) is 5.75 Å². The number of nitrogens with one attached hydrogen (secondary N) is 2. The van der Waals surface area contributed by atoms with Gasteiger partial charge in [0, 0.05) is 12.1 Å². The van der Waals surface area contributed by atoms with Gasteiger partial charge in [-0.05, 0) is 56.9 Å². The van der Waals surface area contributed by atoms with Crippen LogP contribution in [0.4, 0.5) is 0 Å². The molecule has 6 nitrogen and oxygen atoms in total. The molecule has 0 radical (unpaired) electrons. The van der Waals surface area contributed by atoms with Gasteiger partial charge in [0.15, 0.2) is 6.10 Å². The molecule has 0 saturated heterocycles. The number of carbonyl (C=O) groups excluding carboxylic acids is 1. The summed E-state index contributed by atoms with van der Waals surface area (Å²) >= 11 is 0. The lowest BCUT2D eigenvalue weighted by atomic mass is 9.95. The summed E-state index contributed by atoms with van der Waals surface area (Å²) < 4.78 is 34.1. The van der Waals surface area contributed by atoms with Crippen LogP contribution >= 0.6 is 0 Å². The van der Waals surface area contributed by atoms with Crippen LogP contribution in [-0.4, -0.2) is 32.5 Å². The summed E-state index contributed by atoms with van der Waals surface area (Å²) in [5, 5.41) is 3.06. The van der Waals surface area contributed by atoms with E-state index in [1.807, 2.05) is 0 Å². The van der Waals surface area contributed by atoms with E-state index < -0.39 is 16.1 Å². The van der Waals surface area contributed by atoms with Crippen molar-refractivity contribution in [2.75, 3.05) is 0 Å². The maximum absolute atomic E-state index is 12.7. The van der Waals surface area contributed by atoms with Crippen LogP contribution in [-0.2, 0) is 14.8 Å². The van der Waals surface area contributed by atoms with Gasteiger partial charge < -0.3 is 10.1 Å². The number of hydrogen-bond acceptors (Lipinski definition) is 4. The second-order valence-corrected chi connectivity index (χ2v) is 10.5. The van der Waals surface area contributed by atoms with Crippen molar-refractivity contribution in [3.8, 4) is 5.75 Å². The summed E-state index contributed by atoms with van der Waals surface area (Å²) in [5.74, 6) is 0.371. The Balaban J connectivity index is 1.53. The van der Waals surface area contributed by atoms with Crippen molar-refractivity contribution < 1.29 is 17.9 Å². The minimum absolute atomic E-state index is 0.00901. The van der Waals surface area contributed by atoms with Crippen LogP contribution in [0, 0.1) is 0 Å². The van der Waals surface area contributed by atoms with Gasteiger partial charge in [-0.25, -0.2) is 13.1 Å². The molecule has 0 spiro atoms. The summed E-state index contributed by atoms with van der Waals surface area (Å²) in [4.78, 5) is 12.6. The molecule has 0 aromatic heterocycles. The molecule has 1 aromatic rings. The largest absolute Gasteiger partial charge is 0.481 e. The standard InChI is InChI=1S/C23H36N2O4S/c1-18(23(26)24-19-10-8-5-9-11-19)29-21-14-16-22(17-15-21)30(27,28)25-20-12-6-3-2-4-7-13-20/h14-20,25H,2-13H2,1H3,(H,24,26)/t18-/m1/s1. The fourth-order valence-corrected chi connectivity index (χ4v) is 5.69.